The summed E-state index contributed by atoms with van der Waals surface area (Å²) in [4.78, 5) is 23.3. The van der Waals surface area contributed by atoms with Crippen molar-refractivity contribution < 1.29 is 38.7 Å². The van der Waals surface area contributed by atoms with Crippen LogP contribution in [-0.4, -0.2) is 55.9 Å². The van der Waals surface area contributed by atoms with Gasteiger partial charge in [-0.3, -0.25) is 9.59 Å². The van der Waals surface area contributed by atoms with Crippen LogP contribution in [0.2, 0.25) is 0 Å². The van der Waals surface area contributed by atoms with E-state index in [1.807, 2.05) is 0 Å². The fourth-order valence-corrected chi connectivity index (χ4v) is 3.72. The second-order valence-corrected chi connectivity index (χ2v) is 9.91. The summed E-state index contributed by atoms with van der Waals surface area (Å²) in [5.74, 6) is -0.491. The summed E-state index contributed by atoms with van der Waals surface area (Å²) >= 11 is 0. The first-order chi connectivity index (χ1) is 17.9. The van der Waals surface area contributed by atoms with Crippen molar-refractivity contribution in [1.82, 2.24) is 0 Å². The van der Waals surface area contributed by atoms with Crippen LogP contribution in [0, 0.1) is 0 Å². The molecule has 0 aromatic carbocycles. The number of allylic oxidation sites excluding steroid dienone is 8. The van der Waals surface area contributed by atoms with Crippen LogP contribution in [0.25, 0.3) is 0 Å². The molecule has 9 heteroatoms. The number of Topliss-reactive ketones (excluding diaryl/α,β-unsaturated/α-hetero) is 1. The minimum Gasteiger partial charge on any atom is -0.457 e. The first kappa shape index (κ1) is 35.3. The number of carbonyl (C=O) groups excluding carboxylic acids is 2. The molecule has 0 heterocycles. The molecule has 37 heavy (non-hydrogen) atoms. The highest BCUT2D eigenvalue weighted by Crippen LogP contribution is 2.38. The van der Waals surface area contributed by atoms with Crippen molar-refractivity contribution in [1.29, 1.82) is 0 Å². The van der Waals surface area contributed by atoms with E-state index in [4.69, 9.17) is 18.3 Å². The van der Waals surface area contributed by atoms with Crippen LogP contribution in [0.5, 0.6) is 0 Å². The molecule has 0 fully saturated rings. The Balaban J connectivity index is 3.91. The van der Waals surface area contributed by atoms with Gasteiger partial charge in [-0.2, -0.15) is 0 Å². The predicted molar refractivity (Wildman–Crippen MR) is 149 cm³/mol. The molecule has 0 aliphatic carbocycles. The number of esters is 1. The zero-order chi connectivity index (χ0) is 27.6. The van der Waals surface area contributed by atoms with Crippen molar-refractivity contribution in [2.75, 3.05) is 26.9 Å². The highest BCUT2D eigenvalue weighted by molar-refractivity contribution is 7.41. The van der Waals surface area contributed by atoms with Crippen LogP contribution in [0.15, 0.2) is 48.6 Å². The third kappa shape index (κ3) is 23.2. The molecule has 0 spiro atoms. The molecule has 0 amide bonds. The second-order valence-electron chi connectivity index (χ2n) is 8.58. The van der Waals surface area contributed by atoms with E-state index >= 15 is 0 Å². The highest BCUT2D eigenvalue weighted by Gasteiger charge is 2.21. The lowest BCUT2D eigenvalue weighted by Gasteiger charge is -2.19. The third-order valence-corrected chi connectivity index (χ3v) is 6.20. The first-order valence-electron chi connectivity index (χ1n) is 13.3. The number of carbonyl (C=O) groups is 2. The van der Waals surface area contributed by atoms with Gasteiger partial charge in [0.05, 0.1) is 13.2 Å². The Labute approximate surface area is 225 Å². The van der Waals surface area contributed by atoms with Gasteiger partial charge in [-0.1, -0.05) is 68.4 Å². The molecule has 3 atom stereocenters. The monoisotopic (exact) mass is 542 g/mol. The summed E-state index contributed by atoms with van der Waals surface area (Å²) in [5.41, 5.74) is 3.68. The van der Waals surface area contributed by atoms with Gasteiger partial charge in [0.2, 0.25) is 0 Å². The summed E-state index contributed by atoms with van der Waals surface area (Å²) < 4.78 is 21.2. The standard InChI is InChI=1S/C28H48NO7P/c1-4-5-6-7-8-9-10-11-12-13-14-15-16-17-18-19-20-21-28(32)36-26(22-30)23-34-37(33-3)35-24-27(29)25(2)31/h8-9,11-12,14-15,17-18,26-27,30H,4-7,10,13,16,19-24,29H2,1-3H3/p+1/b9-8-,12-11-,15-14-,18-17-. The topological polar surface area (TPSA) is 119 Å². The summed E-state index contributed by atoms with van der Waals surface area (Å²) in [6, 6.07) is -0.514. The van der Waals surface area contributed by atoms with Gasteiger partial charge >= 0.3 is 14.6 Å². The van der Waals surface area contributed by atoms with E-state index in [1.165, 1.54) is 39.7 Å². The van der Waals surface area contributed by atoms with Gasteiger partial charge in [-0.05, 0) is 44.9 Å². The van der Waals surface area contributed by atoms with Gasteiger partial charge < -0.3 is 29.1 Å². The van der Waals surface area contributed by atoms with Crippen LogP contribution in [0.1, 0.15) is 78.1 Å². The van der Waals surface area contributed by atoms with Gasteiger partial charge in [-0.25, -0.2) is 0 Å². The Bertz CT molecular complexity index is 694. The molecular weight excluding hydrogens is 493 g/mol. The molecule has 0 saturated carbocycles. The molecule has 4 N–H and O–H groups in total. The fourth-order valence-electron chi connectivity index (χ4n) is 2.85. The summed E-state index contributed by atoms with van der Waals surface area (Å²) in [6.45, 7) is 3.28. The number of hydrogen-bond acceptors (Lipinski definition) is 7. The van der Waals surface area contributed by atoms with Crippen molar-refractivity contribution in [2.45, 2.75) is 90.2 Å². The molecule has 8 nitrogen and oxygen atoms in total. The normalized spacial score (nSPS) is 14.7. The van der Waals surface area contributed by atoms with E-state index in [-0.39, 0.29) is 32.0 Å². The zero-order valence-electron chi connectivity index (χ0n) is 23.0. The van der Waals surface area contributed by atoms with Crippen LogP contribution in [-0.2, 0) is 27.9 Å². The van der Waals surface area contributed by atoms with E-state index in [2.05, 4.69) is 61.3 Å². The maximum absolute atomic E-state index is 12.0. The number of unbranched alkanes of at least 4 members (excludes halogenated alkanes) is 4. The number of rotatable bonds is 24. The summed E-state index contributed by atoms with van der Waals surface area (Å²) in [7, 11) is -0.315. The Morgan fingerprint density at radius 2 is 1.41 bits per heavy atom. The quantitative estimate of drug-likeness (QED) is 0.0750. The van der Waals surface area contributed by atoms with Gasteiger partial charge in [-0.15, -0.1) is 0 Å². The lowest BCUT2D eigenvalue weighted by atomic mass is 10.2. The number of aliphatic hydroxyl groups excluding tert-OH is 1. The summed E-state index contributed by atoms with van der Waals surface area (Å²) in [5, 5.41) is 9.46. The first-order valence-corrected chi connectivity index (χ1v) is 14.4. The van der Waals surface area contributed by atoms with E-state index in [0.29, 0.717) is 6.42 Å². The van der Waals surface area contributed by atoms with Crippen molar-refractivity contribution in [3.63, 3.8) is 0 Å². The third-order valence-electron chi connectivity index (χ3n) is 5.18. The molecule has 0 rings (SSSR count). The molecule has 0 saturated heterocycles. The van der Waals surface area contributed by atoms with Crippen LogP contribution >= 0.6 is 8.60 Å². The van der Waals surface area contributed by atoms with Gasteiger partial charge in [0, 0.05) is 20.5 Å². The van der Waals surface area contributed by atoms with Crippen LogP contribution < -0.4 is 5.73 Å². The molecule has 0 aliphatic rings. The van der Waals surface area contributed by atoms with Crippen molar-refractivity contribution in [3.8, 4) is 0 Å². The molecular formula is C28H49NO7P+. The maximum Gasteiger partial charge on any atom is 0.332 e. The fraction of sp³-hybridized carbons (Fsp3) is 0.643. The predicted octanol–water partition coefficient (Wildman–Crippen LogP) is 5.14. The zero-order valence-corrected chi connectivity index (χ0v) is 23.9. The number of ketones is 1. The Morgan fingerprint density at radius 3 is 1.92 bits per heavy atom. The molecule has 0 radical (unpaired) electrons. The molecule has 0 aromatic heterocycles. The molecule has 212 valence electrons. The lowest BCUT2D eigenvalue weighted by Crippen LogP contribution is -2.66. The highest BCUT2D eigenvalue weighted by atomic mass is 31.2. The number of ether oxygens (including phenoxy) is 1. The Kier molecular flexibility index (Phi) is 24.8. The molecule has 0 aromatic rings. The van der Waals surface area contributed by atoms with Gasteiger partial charge in [0.25, 0.3) is 0 Å². The number of hydrogen-bond donors (Lipinski definition) is 2. The van der Waals surface area contributed by atoms with Crippen molar-refractivity contribution >= 4 is 20.4 Å². The largest absolute Gasteiger partial charge is 0.457 e. The molecule has 0 aliphatic heterocycles. The lowest BCUT2D eigenvalue weighted by molar-refractivity contribution is -0.406. The van der Waals surface area contributed by atoms with Crippen LogP contribution in [0.4, 0.5) is 0 Å². The average Bonchev–Trinajstić information content (AvgIpc) is 2.89. The summed E-state index contributed by atoms with van der Waals surface area (Å²) in [6.07, 6.45) is 26.1. The van der Waals surface area contributed by atoms with E-state index in [1.54, 1.807) is 0 Å². The van der Waals surface area contributed by atoms with Crippen molar-refractivity contribution in [3.05, 3.63) is 48.6 Å². The number of aliphatic hydroxyl groups is 1. The Hall–Kier alpha value is -1.67. The Morgan fingerprint density at radius 1 is 0.865 bits per heavy atom. The van der Waals surface area contributed by atoms with Crippen LogP contribution in [0.3, 0.4) is 0 Å². The van der Waals surface area contributed by atoms with E-state index in [0.717, 1.165) is 25.7 Å². The number of quaternary nitrogens is 1. The van der Waals surface area contributed by atoms with E-state index < -0.39 is 26.7 Å². The van der Waals surface area contributed by atoms with Gasteiger partial charge in [0.1, 0.15) is 12.7 Å². The average molecular weight is 543 g/mol. The molecule has 0 bridgehead atoms. The van der Waals surface area contributed by atoms with Gasteiger partial charge in [0.15, 0.2) is 11.8 Å². The minimum absolute atomic E-state index is 0.0654. The maximum atomic E-state index is 12.0. The van der Waals surface area contributed by atoms with E-state index in [9.17, 15) is 14.7 Å². The molecule has 3 unspecified atom stereocenters. The second kappa shape index (κ2) is 26.0. The minimum atomic E-state index is -1.73. The SMILES string of the molecule is CCCCC/C=C\C/C=C\C/C=C\C/C=C\CCCC(=O)OC(CO)COP(OC)OCC([NH3+])C(C)=O. The smallest absolute Gasteiger partial charge is 0.332 e. The van der Waals surface area contributed by atoms with Crippen molar-refractivity contribution in [2.24, 2.45) is 0 Å².